The third-order valence-electron chi connectivity index (χ3n) is 1.98. The number of ether oxygens (including phenoxy) is 1. The van der Waals surface area contributed by atoms with Gasteiger partial charge in [-0.1, -0.05) is 6.07 Å². The van der Waals surface area contributed by atoms with Gasteiger partial charge >= 0.3 is 6.36 Å². The quantitative estimate of drug-likeness (QED) is 0.655. The zero-order valence-electron chi connectivity index (χ0n) is 9.29. The summed E-state index contributed by atoms with van der Waals surface area (Å²) in [6.07, 6.45) is -2.98. The number of halogens is 3. The van der Waals surface area contributed by atoms with Crippen LogP contribution in [0.4, 0.5) is 13.2 Å². The third-order valence-corrected chi connectivity index (χ3v) is 1.98. The minimum atomic E-state index is -4.67. The van der Waals surface area contributed by atoms with Crippen molar-refractivity contribution < 1.29 is 17.9 Å². The highest BCUT2D eigenvalue weighted by atomic mass is 19.4. The third kappa shape index (κ3) is 5.24. The predicted octanol–water partition coefficient (Wildman–Crippen LogP) is 2.42. The first-order chi connectivity index (χ1) is 7.90. The maximum Gasteiger partial charge on any atom is 0.573 e. The van der Waals surface area contributed by atoms with Crippen LogP contribution in [0, 0.1) is 6.92 Å². The lowest BCUT2D eigenvalue weighted by Crippen LogP contribution is -2.17. The second-order valence-electron chi connectivity index (χ2n) is 3.51. The lowest BCUT2D eigenvalue weighted by molar-refractivity contribution is -0.274. The van der Waals surface area contributed by atoms with Gasteiger partial charge in [0.25, 0.3) is 0 Å². The number of hydrogen-bond acceptors (Lipinski definition) is 2. The van der Waals surface area contributed by atoms with E-state index in [9.17, 15) is 13.2 Å². The van der Waals surface area contributed by atoms with Gasteiger partial charge < -0.3 is 10.5 Å². The molecule has 3 nitrogen and oxygen atoms in total. The first-order valence-electron chi connectivity index (χ1n) is 4.97. The number of aliphatic imine (C=N–C) groups is 1. The number of hydrogen-bond donors (Lipinski definition) is 1. The highest BCUT2D eigenvalue weighted by Gasteiger charge is 2.31. The Morgan fingerprint density at radius 3 is 2.65 bits per heavy atom. The van der Waals surface area contributed by atoms with E-state index in [1.54, 1.807) is 13.0 Å². The normalized spacial score (nSPS) is 12.0. The average Bonchev–Trinajstić information content (AvgIpc) is 2.14. The zero-order valence-corrected chi connectivity index (χ0v) is 9.29. The van der Waals surface area contributed by atoms with Gasteiger partial charge in [0.05, 0.1) is 6.34 Å². The summed E-state index contributed by atoms with van der Waals surface area (Å²) in [5, 5.41) is 0. The van der Waals surface area contributed by atoms with E-state index in [0.717, 1.165) is 5.56 Å². The van der Waals surface area contributed by atoms with Crippen molar-refractivity contribution in [2.24, 2.45) is 10.7 Å². The first-order valence-corrected chi connectivity index (χ1v) is 4.97. The lowest BCUT2D eigenvalue weighted by Gasteiger charge is -2.11. The fraction of sp³-hybridized carbons (Fsp3) is 0.364. The van der Waals surface area contributed by atoms with Gasteiger partial charge in [-0.2, -0.15) is 0 Å². The summed E-state index contributed by atoms with van der Waals surface area (Å²) in [5.41, 5.74) is 6.51. The number of nitrogens with two attached hydrogens (primary N) is 1. The van der Waals surface area contributed by atoms with Crippen molar-refractivity contribution in [3.63, 3.8) is 0 Å². The summed E-state index contributed by atoms with van der Waals surface area (Å²) >= 11 is 0. The molecule has 94 valence electrons. The molecule has 0 aliphatic heterocycles. The Labute approximate surface area is 97.1 Å². The van der Waals surface area contributed by atoms with Crippen LogP contribution in [0.3, 0.4) is 0 Å². The summed E-state index contributed by atoms with van der Waals surface area (Å²) in [7, 11) is 0. The molecule has 0 aromatic heterocycles. The second-order valence-corrected chi connectivity index (χ2v) is 3.51. The van der Waals surface area contributed by atoms with Gasteiger partial charge in [0.15, 0.2) is 0 Å². The van der Waals surface area contributed by atoms with E-state index in [4.69, 9.17) is 5.73 Å². The Morgan fingerprint density at radius 2 is 2.06 bits per heavy atom. The standard InChI is InChI=1S/C11H13F3N2O/c1-8-4-9(2-3-16-7-15)6-10(5-8)17-11(12,13)14/h4-7H,2-3H2,1H3,(H2,15,16). The minimum Gasteiger partial charge on any atom is -0.406 e. The van der Waals surface area contributed by atoms with Crippen molar-refractivity contribution in [2.45, 2.75) is 19.7 Å². The van der Waals surface area contributed by atoms with Crippen LogP contribution in [0.2, 0.25) is 0 Å². The molecule has 17 heavy (non-hydrogen) atoms. The van der Waals surface area contributed by atoms with E-state index in [2.05, 4.69) is 9.73 Å². The van der Waals surface area contributed by atoms with Gasteiger partial charge in [-0.15, -0.1) is 13.2 Å². The second kappa shape index (κ2) is 5.56. The van der Waals surface area contributed by atoms with Gasteiger partial charge in [-0.25, -0.2) is 0 Å². The van der Waals surface area contributed by atoms with Gasteiger partial charge in [-0.05, 0) is 36.6 Å². The van der Waals surface area contributed by atoms with Crippen molar-refractivity contribution in [3.05, 3.63) is 29.3 Å². The van der Waals surface area contributed by atoms with Gasteiger partial charge in [0.2, 0.25) is 0 Å². The number of aryl methyl sites for hydroxylation is 1. The number of rotatable bonds is 4. The molecule has 0 radical (unpaired) electrons. The van der Waals surface area contributed by atoms with Crippen LogP contribution >= 0.6 is 0 Å². The molecule has 2 N–H and O–H groups in total. The molecule has 0 unspecified atom stereocenters. The Kier molecular flexibility index (Phi) is 4.37. The molecule has 6 heteroatoms. The minimum absolute atomic E-state index is 0.204. The molecule has 0 aliphatic rings. The molecule has 0 amide bonds. The Morgan fingerprint density at radius 1 is 1.35 bits per heavy atom. The fourth-order valence-electron chi connectivity index (χ4n) is 1.43. The molecule has 0 saturated carbocycles. The highest BCUT2D eigenvalue weighted by molar-refractivity contribution is 5.51. The molecule has 0 heterocycles. The van der Waals surface area contributed by atoms with Crippen LogP contribution in [-0.2, 0) is 6.42 Å². The van der Waals surface area contributed by atoms with Crippen molar-refractivity contribution in [1.29, 1.82) is 0 Å². The van der Waals surface area contributed by atoms with Crippen LogP contribution in [0.5, 0.6) is 5.75 Å². The zero-order chi connectivity index (χ0) is 12.9. The van der Waals surface area contributed by atoms with Crippen molar-refractivity contribution in [2.75, 3.05) is 6.54 Å². The van der Waals surface area contributed by atoms with Crippen LogP contribution < -0.4 is 10.5 Å². The monoisotopic (exact) mass is 246 g/mol. The van der Waals surface area contributed by atoms with Crippen molar-refractivity contribution in [1.82, 2.24) is 0 Å². The fourth-order valence-corrected chi connectivity index (χ4v) is 1.43. The molecule has 0 spiro atoms. The molecule has 0 fully saturated rings. The van der Waals surface area contributed by atoms with E-state index in [1.807, 2.05) is 0 Å². The molecule has 0 aliphatic carbocycles. The van der Waals surface area contributed by atoms with E-state index in [1.165, 1.54) is 18.5 Å². The Bertz CT molecular complexity index is 402. The maximum atomic E-state index is 12.0. The molecule has 1 aromatic carbocycles. The van der Waals surface area contributed by atoms with Crippen LogP contribution in [0.1, 0.15) is 11.1 Å². The molecule has 0 atom stereocenters. The number of benzene rings is 1. The SMILES string of the molecule is Cc1cc(CCN=CN)cc(OC(F)(F)F)c1. The van der Waals surface area contributed by atoms with Crippen LogP contribution in [0.15, 0.2) is 23.2 Å². The summed E-state index contributed by atoms with van der Waals surface area (Å²) in [4.78, 5) is 3.79. The number of nitrogens with zero attached hydrogens (tertiary/aromatic N) is 1. The molecule has 1 rings (SSSR count). The van der Waals surface area contributed by atoms with E-state index in [0.29, 0.717) is 18.5 Å². The molecule has 0 bridgehead atoms. The van der Waals surface area contributed by atoms with Crippen molar-refractivity contribution in [3.8, 4) is 5.75 Å². The first kappa shape index (κ1) is 13.3. The summed E-state index contributed by atoms with van der Waals surface area (Å²) < 4.78 is 40.0. The molecule has 1 aromatic rings. The molecular weight excluding hydrogens is 233 g/mol. The maximum absolute atomic E-state index is 12.0. The molecular formula is C11H13F3N2O. The Hall–Kier alpha value is -1.72. The van der Waals surface area contributed by atoms with Crippen LogP contribution in [-0.4, -0.2) is 19.2 Å². The predicted molar refractivity (Wildman–Crippen MR) is 59.1 cm³/mol. The Balaban J connectivity index is 2.79. The smallest absolute Gasteiger partial charge is 0.406 e. The lowest BCUT2D eigenvalue weighted by atomic mass is 10.1. The van der Waals surface area contributed by atoms with E-state index in [-0.39, 0.29) is 5.75 Å². The van der Waals surface area contributed by atoms with Gasteiger partial charge in [-0.3, -0.25) is 4.99 Å². The van der Waals surface area contributed by atoms with Crippen LogP contribution in [0.25, 0.3) is 0 Å². The summed E-state index contributed by atoms with van der Waals surface area (Å²) in [5.74, 6) is -0.204. The van der Waals surface area contributed by atoms with Gasteiger partial charge in [0, 0.05) is 6.54 Å². The highest BCUT2D eigenvalue weighted by Crippen LogP contribution is 2.25. The van der Waals surface area contributed by atoms with E-state index >= 15 is 0 Å². The summed E-state index contributed by atoms with van der Waals surface area (Å²) in [6.45, 7) is 2.14. The van der Waals surface area contributed by atoms with Crippen molar-refractivity contribution >= 4 is 6.34 Å². The summed E-state index contributed by atoms with van der Waals surface area (Å²) in [6, 6.07) is 4.48. The number of alkyl halides is 3. The topological polar surface area (TPSA) is 47.6 Å². The van der Waals surface area contributed by atoms with E-state index < -0.39 is 6.36 Å². The average molecular weight is 246 g/mol. The van der Waals surface area contributed by atoms with Gasteiger partial charge in [0.1, 0.15) is 5.75 Å². The molecule has 0 saturated heterocycles. The largest absolute Gasteiger partial charge is 0.573 e.